The predicted octanol–water partition coefficient (Wildman–Crippen LogP) is 5.53. The Morgan fingerprint density at radius 2 is 1.71 bits per heavy atom. The van der Waals surface area contributed by atoms with E-state index < -0.39 is 41.1 Å². The molecule has 0 bridgehead atoms. The van der Waals surface area contributed by atoms with Crippen molar-refractivity contribution in [2.24, 2.45) is 5.41 Å². The van der Waals surface area contributed by atoms with E-state index in [1.165, 1.54) is 18.2 Å². The summed E-state index contributed by atoms with van der Waals surface area (Å²) in [7, 11) is 0. The number of nitrogens with one attached hydrogen (secondary N) is 5. The van der Waals surface area contributed by atoms with Gasteiger partial charge in [0.25, 0.3) is 11.8 Å². The molecular weight excluding hydrogens is 945 g/mol. The molecular formula is C51H58N10O10S. The van der Waals surface area contributed by atoms with Gasteiger partial charge in [-0.15, -0.1) is 0 Å². The number of imide groups is 2. The number of ether oxygens (including phenoxy) is 2. The number of benzene rings is 3. The van der Waals surface area contributed by atoms with E-state index in [9.17, 15) is 38.7 Å². The standard InChI is InChI=1S/C51H58N10O10S/c1-51(2,3)41(63)27-42(52)56-49(69)54-32-13-11-31(12-14-32)36-28-60-37-16-15-34(26-40(37)72-50(60)55-36)70-25-24-58-20-22-59(23-21-58)29-44(65)53-19-6-4-5-8-33(62)30-71-39-10-7-9-35-45(39)48(68)61(47(35)67)38-17-18-43(64)57-46(38)66/h7,9-16,26-28,38,63H,4-6,8,17-25,29-30H2,1-3H3,(H,53,65)(H,57,64,66)(H3,52,54,56,69)/b41-27-. The van der Waals surface area contributed by atoms with E-state index in [1.807, 2.05) is 36.5 Å². The fourth-order valence-electron chi connectivity index (χ4n) is 8.52. The van der Waals surface area contributed by atoms with Gasteiger partial charge in [-0.05, 0) is 61.7 Å². The lowest BCUT2D eigenvalue weighted by Crippen LogP contribution is -2.54. The maximum atomic E-state index is 13.3. The van der Waals surface area contributed by atoms with Crippen molar-refractivity contribution < 1.29 is 48.1 Å². The van der Waals surface area contributed by atoms with Crippen molar-refractivity contribution in [1.29, 1.82) is 5.41 Å². The van der Waals surface area contributed by atoms with Crippen LogP contribution in [0.15, 0.2) is 78.7 Å². The summed E-state index contributed by atoms with van der Waals surface area (Å²) in [5, 5.41) is 28.3. The van der Waals surface area contributed by atoms with E-state index >= 15 is 0 Å². The number of carbonyl (C=O) groups excluding carboxylic acids is 7. The number of fused-ring (bicyclic) bond motifs is 4. The number of nitrogens with zero attached hydrogens (tertiary/aromatic N) is 5. The maximum absolute atomic E-state index is 13.3. The molecule has 1 unspecified atom stereocenters. The van der Waals surface area contributed by atoms with Crippen molar-refractivity contribution in [3.8, 4) is 22.8 Å². The van der Waals surface area contributed by atoms with Crippen molar-refractivity contribution in [2.75, 3.05) is 64.3 Å². The topological polar surface area (TPSA) is 257 Å². The second-order valence-electron chi connectivity index (χ2n) is 18.9. The van der Waals surface area contributed by atoms with Crippen LogP contribution < -0.4 is 30.7 Å². The van der Waals surface area contributed by atoms with E-state index in [2.05, 4.69) is 35.5 Å². The van der Waals surface area contributed by atoms with Gasteiger partial charge in [-0.2, -0.15) is 0 Å². The molecule has 0 radical (unpaired) electrons. The molecule has 21 heteroatoms. The number of hydrogen-bond acceptors (Lipinski definition) is 15. The zero-order chi connectivity index (χ0) is 51.1. The van der Waals surface area contributed by atoms with Gasteiger partial charge in [-0.25, -0.2) is 9.78 Å². The zero-order valence-corrected chi connectivity index (χ0v) is 41.2. The van der Waals surface area contributed by atoms with E-state index in [0.717, 1.165) is 76.2 Å². The van der Waals surface area contributed by atoms with Crippen LogP contribution in [-0.2, 0) is 19.2 Å². The first kappa shape index (κ1) is 50.9. The summed E-state index contributed by atoms with van der Waals surface area (Å²) in [6.45, 7) is 10.4. The van der Waals surface area contributed by atoms with Crippen LogP contribution in [0.3, 0.4) is 0 Å². The van der Waals surface area contributed by atoms with Gasteiger partial charge in [-0.1, -0.05) is 56.7 Å². The number of amides is 7. The predicted molar refractivity (Wildman–Crippen MR) is 270 cm³/mol. The van der Waals surface area contributed by atoms with Crippen LogP contribution in [0.2, 0.25) is 0 Å². The number of carbonyl (C=O) groups is 7. The largest absolute Gasteiger partial charge is 0.512 e. The Bertz CT molecular complexity index is 2950. The zero-order valence-electron chi connectivity index (χ0n) is 40.4. The van der Waals surface area contributed by atoms with E-state index in [1.54, 1.807) is 50.3 Å². The molecule has 3 aliphatic rings. The Hall–Kier alpha value is -7.49. The van der Waals surface area contributed by atoms with E-state index in [4.69, 9.17) is 19.9 Å². The fourth-order valence-corrected chi connectivity index (χ4v) is 9.55. The van der Waals surface area contributed by atoms with Crippen LogP contribution in [0.5, 0.6) is 11.5 Å². The normalized spacial score (nSPS) is 16.7. The van der Waals surface area contributed by atoms with Crippen LogP contribution in [0.4, 0.5) is 10.5 Å². The lowest BCUT2D eigenvalue weighted by Gasteiger charge is -2.34. The number of hydrogen-bond donors (Lipinski definition) is 6. The second kappa shape index (κ2) is 22.3. The van der Waals surface area contributed by atoms with Gasteiger partial charge in [0, 0.05) is 81.0 Å². The number of rotatable bonds is 19. The Morgan fingerprint density at radius 1 is 0.944 bits per heavy atom. The molecule has 8 rings (SSSR count). The van der Waals surface area contributed by atoms with Crippen molar-refractivity contribution >= 4 is 79.4 Å². The summed E-state index contributed by atoms with van der Waals surface area (Å²) in [5.74, 6) is -2.09. The van der Waals surface area contributed by atoms with Gasteiger partial charge < -0.3 is 25.2 Å². The number of thiazole rings is 1. The number of Topliss-reactive ketones (excluding diaryl/α,β-unsaturated/α-hetero) is 1. The number of urea groups is 1. The van der Waals surface area contributed by atoms with Crippen molar-refractivity contribution in [1.82, 2.24) is 40.0 Å². The number of imidazole rings is 1. The first-order valence-corrected chi connectivity index (χ1v) is 24.8. The molecule has 3 aromatic carbocycles. The number of ketones is 1. The van der Waals surface area contributed by atoms with Crippen molar-refractivity contribution in [3.63, 3.8) is 0 Å². The first-order valence-electron chi connectivity index (χ1n) is 23.9. The molecule has 1 atom stereocenters. The third-order valence-corrected chi connectivity index (χ3v) is 13.6. The number of aliphatic hydroxyl groups excluding tert-OH is 1. The van der Waals surface area contributed by atoms with Gasteiger partial charge in [-0.3, -0.25) is 63.9 Å². The summed E-state index contributed by atoms with van der Waals surface area (Å²) >= 11 is 1.57. The summed E-state index contributed by atoms with van der Waals surface area (Å²) in [6, 6.07) is 16.1. The summed E-state index contributed by atoms with van der Waals surface area (Å²) in [6.07, 6.45) is 5.52. The van der Waals surface area contributed by atoms with Gasteiger partial charge in [0.15, 0.2) is 10.7 Å². The molecule has 72 heavy (non-hydrogen) atoms. The maximum Gasteiger partial charge on any atom is 0.324 e. The lowest BCUT2D eigenvalue weighted by molar-refractivity contribution is -0.136. The van der Waals surface area contributed by atoms with Gasteiger partial charge in [0.1, 0.15) is 42.3 Å². The number of anilines is 1. The van der Waals surface area contributed by atoms with Crippen LogP contribution in [-0.4, -0.2) is 141 Å². The highest BCUT2D eigenvalue weighted by molar-refractivity contribution is 7.23. The number of amidine groups is 1. The summed E-state index contributed by atoms with van der Waals surface area (Å²) in [5.41, 5.74) is 2.76. The van der Waals surface area contributed by atoms with Crippen LogP contribution in [0.1, 0.15) is 80.0 Å². The highest BCUT2D eigenvalue weighted by atomic mass is 32.1. The van der Waals surface area contributed by atoms with Crippen LogP contribution in [0.25, 0.3) is 26.4 Å². The van der Waals surface area contributed by atoms with Crippen LogP contribution >= 0.6 is 11.3 Å². The number of aromatic nitrogens is 2. The number of piperazine rings is 1. The Labute approximate surface area is 419 Å². The summed E-state index contributed by atoms with van der Waals surface area (Å²) in [4.78, 5) is 99.1. The van der Waals surface area contributed by atoms with Gasteiger partial charge in [0.05, 0.1) is 33.6 Å². The molecule has 378 valence electrons. The third kappa shape index (κ3) is 12.3. The Morgan fingerprint density at radius 3 is 2.46 bits per heavy atom. The van der Waals surface area contributed by atoms with Gasteiger partial charge >= 0.3 is 6.03 Å². The monoisotopic (exact) mass is 1000 g/mol. The molecule has 7 amide bonds. The quantitative estimate of drug-likeness (QED) is 0.0196. The summed E-state index contributed by atoms with van der Waals surface area (Å²) < 4.78 is 15.0. The minimum atomic E-state index is -1.10. The van der Waals surface area contributed by atoms with Crippen molar-refractivity contribution in [3.05, 3.63) is 89.8 Å². The van der Waals surface area contributed by atoms with Gasteiger partial charge in [0.2, 0.25) is 17.7 Å². The highest BCUT2D eigenvalue weighted by Gasteiger charge is 2.46. The number of allylic oxidation sites excluding steroid dienone is 1. The number of unbranched alkanes of at least 4 members (excludes halogenated alkanes) is 2. The minimum Gasteiger partial charge on any atom is -0.512 e. The number of aliphatic hydroxyl groups is 1. The lowest BCUT2D eigenvalue weighted by atomic mass is 9.93. The molecule has 2 aromatic heterocycles. The minimum absolute atomic E-state index is 0.00109. The fraction of sp³-hybridized carbons (Fsp3) is 0.392. The molecule has 2 fully saturated rings. The molecule has 0 aliphatic carbocycles. The average molecular weight is 1000 g/mol. The Balaban J connectivity index is 0.682. The highest BCUT2D eigenvalue weighted by Crippen LogP contribution is 2.35. The third-order valence-electron chi connectivity index (χ3n) is 12.6. The molecule has 2 saturated heterocycles. The van der Waals surface area contributed by atoms with Crippen LogP contribution in [0, 0.1) is 10.8 Å². The molecule has 20 nitrogen and oxygen atoms in total. The average Bonchev–Trinajstić information content (AvgIpc) is 3.98. The Kier molecular flexibility index (Phi) is 15.8. The molecule has 6 N–H and O–H groups in total. The first-order chi connectivity index (χ1) is 34.5. The van der Waals surface area contributed by atoms with E-state index in [0.29, 0.717) is 38.2 Å². The number of piperidine rings is 1. The van der Waals surface area contributed by atoms with E-state index in [-0.39, 0.29) is 66.0 Å². The molecule has 5 heterocycles. The SMILES string of the molecule is CC(C)(C)/C(O)=C/C(=N)NC(=O)Nc1ccc(-c2cn3c(n2)sc2cc(OCCN4CCN(CC(=O)NCCCCCC(=O)COc5cccc6c5C(=O)N(C5CCC(=O)NC5=O)C6=O)CC4)ccc23)cc1. The molecule has 0 spiro atoms. The molecule has 3 aliphatic heterocycles. The van der Waals surface area contributed by atoms with Crippen molar-refractivity contribution in [2.45, 2.75) is 65.3 Å². The second-order valence-corrected chi connectivity index (χ2v) is 19.9. The molecule has 5 aromatic rings. The molecule has 0 saturated carbocycles. The smallest absolute Gasteiger partial charge is 0.324 e.